The maximum absolute atomic E-state index is 13.1. The lowest BCUT2D eigenvalue weighted by atomic mass is 9.84. The molecule has 5 atom stereocenters. The standard InChI is InChI=1S/C40H53ClN2O9/c1-26(5-4-18-43(19-21-51-22-20-44)39(50)38(49)37(48)36(47)34(46)25-45)27-8-11-33(41)28(23-27)12-14-40(15-16-40)32-24-42-17-13-30(32)31-6-2-3-7-35(31)52-29-9-10-29/h2-3,6-8,11,13,17,23-24,26,29,34,36-38,44-49H,4-5,9-10,12,14-16,18-22,25H2,1H3/t26?,34-,36+,37-,38-/m0/s1. The number of aromatic nitrogens is 1. The Labute approximate surface area is 310 Å². The minimum absolute atomic E-state index is 0.0164. The van der Waals surface area contributed by atoms with E-state index in [1.54, 1.807) is 0 Å². The molecule has 3 aromatic rings. The van der Waals surface area contributed by atoms with Gasteiger partial charge in [-0.15, -0.1) is 0 Å². The number of pyridine rings is 1. The van der Waals surface area contributed by atoms with Gasteiger partial charge in [0.2, 0.25) is 0 Å². The molecule has 1 aromatic heterocycles. The van der Waals surface area contributed by atoms with Crippen molar-refractivity contribution in [2.24, 2.45) is 0 Å². The van der Waals surface area contributed by atoms with Crippen LogP contribution in [0.2, 0.25) is 5.02 Å². The number of benzene rings is 2. The van der Waals surface area contributed by atoms with Crippen LogP contribution in [0, 0.1) is 0 Å². The second-order valence-corrected chi connectivity index (χ2v) is 14.7. The highest BCUT2D eigenvalue weighted by atomic mass is 35.5. The number of amides is 1. The molecule has 6 N–H and O–H groups in total. The lowest BCUT2D eigenvalue weighted by Gasteiger charge is -2.30. The third-order valence-corrected chi connectivity index (χ3v) is 10.7. The van der Waals surface area contributed by atoms with Gasteiger partial charge >= 0.3 is 0 Å². The second kappa shape index (κ2) is 18.8. The monoisotopic (exact) mass is 740 g/mol. The Bertz CT molecular complexity index is 1600. The summed E-state index contributed by atoms with van der Waals surface area (Å²) in [4.78, 5) is 19.0. The zero-order chi connectivity index (χ0) is 37.3. The van der Waals surface area contributed by atoms with Gasteiger partial charge < -0.3 is 45.0 Å². The summed E-state index contributed by atoms with van der Waals surface area (Å²) in [6.45, 7) is 1.57. The number of para-hydroxylation sites is 1. The normalized spacial score (nSPS) is 17.9. The minimum atomic E-state index is -2.02. The van der Waals surface area contributed by atoms with E-state index < -0.39 is 36.9 Å². The van der Waals surface area contributed by atoms with Crippen molar-refractivity contribution in [1.29, 1.82) is 0 Å². The van der Waals surface area contributed by atoms with E-state index in [0.717, 1.165) is 66.0 Å². The van der Waals surface area contributed by atoms with Crippen molar-refractivity contribution >= 4 is 17.5 Å². The molecule has 1 amide bonds. The Morgan fingerprint density at radius 1 is 1.00 bits per heavy atom. The molecule has 12 heteroatoms. The molecule has 1 heterocycles. The van der Waals surface area contributed by atoms with E-state index in [9.17, 15) is 25.2 Å². The zero-order valence-electron chi connectivity index (χ0n) is 29.8. The second-order valence-electron chi connectivity index (χ2n) is 14.2. The zero-order valence-corrected chi connectivity index (χ0v) is 30.6. The number of aryl methyl sites for hydroxylation is 1. The van der Waals surface area contributed by atoms with E-state index in [2.05, 4.69) is 42.2 Å². The molecule has 52 heavy (non-hydrogen) atoms. The molecule has 1 unspecified atom stereocenters. The first-order chi connectivity index (χ1) is 25.1. The summed E-state index contributed by atoms with van der Waals surface area (Å²) >= 11 is 6.76. The summed E-state index contributed by atoms with van der Waals surface area (Å²) in [7, 11) is 0. The molecule has 2 aromatic carbocycles. The van der Waals surface area contributed by atoms with Crippen LogP contribution in [0.4, 0.5) is 0 Å². The van der Waals surface area contributed by atoms with Crippen molar-refractivity contribution in [3.8, 4) is 16.9 Å². The van der Waals surface area contributed by atoms with Crippen LogP contribution in [0.1, 0.15) is 74.5 Å². The molecular weight excluding hydrogens is 688 g/mol. The molecule has 0 aliphatic heterocycles. The van der Waals surface area contributed by atoms with E-state index in [0.29, 0.717) is 18.9 Å². The lowest BCUT2D eigenvalue weighted by molar-refractivity contribution is -0.159. The predicted molar refractivity (Wildman–Crippen MR) is 197 cm³/mol. The van der Waals surface area contributed by atoms with Crippen LogP contribution < -0.4 is 4.74 Å². The summed E-state index contributed by atoms with van der Waals surface area (Å²) in [5.74, 6) is 0.208. The number of halogens is 1. The number of carbonyl (C=O) groups is 1. The molecule has 11 nitrogen and oxygen atoms in total. The number of rotatable bonds is 22. The predicted octanol–water partition coefficient (Wildman–Crippen LogP) is 3.76. The van der Waals surface area contributed by atoms with Crippen LogP contribution in [0.3, 0.4) is 0 Å². The largest absolute Gasteiger partial charge is 0.490 e. The van der Waals surface area contributed by atoms with Gasteiger partial charge in [-0.2, -0.15) is 0 Å². The fraction of sp³-hybridized carbons (Fsp3) is 0.550. The Balaban J connectivity index is 1.21. The fourth-order valence-corrected chi connectivity index (χ4v) is 6.98. The molecule has 0 bridgehead atoms. The number of hydrogen-bond acceptors (Lipinski definition) is 10. The number of aliphatic hydroxyl groups is 6. The number of nitrogens with zero attached hydrogens (tertiary/aromatic N) is 2. The maximum atomic E-state index is 13.1. The van der Waals surface area contributed by atoms with Gasteiger partial charge in [-0.1, -0.05) is 48.9 Å². The highest BCUT2D eigenvalue weighted by Crippen LogP contribution is 2.55. The molecule has 2 saturated carbocycles. The smallest absolute Gasteiger partial charge is 0.254 e. The third kappa shape index (κ3) is 10.3. The molecule has 2 aliphatic rings. The summed E-state index contributed by atoms with van der Waals surface area (Å²) in [5.41, 5.74) is 5.75. The quantitative estimate of drug-likeness (QED) is 0.0834. The van der Waals surface area contributed by atoms with Gasteiger partial charge in [-0.25, -0.2) is 0 Å². The summed E-state index contributed by atoms with van der Waals surface area (Å²) in [6.07, 6.45) is 3.88. The molecule has 0 saturated heterocycles. The van der Waals surface area contributed by atoms with Crippen LogP contribution in [0.5, 0.6) is 5.75 Å². The van der Waals surface area contributed by atoms with Gasteiger partial charge in [0.15, 0.2) is 6.10 Å². The van der Waals surface area contributed by atoms with Gasteiger partial charge in [0.25, 0.3) is 5.91 Å². The Morgan fingerprint density at radius 3 is 2.48 bits per heavy atom. The highest BCUT2D eigenvalue weighted by Gasteiger charge is 2.45. The molecule has 5 rings (SSSR count). The van der Waals surface area contributed by atoms with E-state index in [1.165, 1.54) is 16.0 Å². The summed E-state index contributed by atoms with van der Waals surface area (Å²) in [6, 6.07) is 16.5. The summed E-state index contributed by atoms with van der Waals surface area (Å²) in [5, 5.41) is 59.4. The SMILES string of the molecule is CC(CCCN(CCOCCO)C(=O)[C@@H](O)[C@@H](O)[C@H](O)[C@@H](O)CO)c1ccc(Cl)c(CCC2(c3cnccc3-c3ccccc3OC3CC3)CC2)c1. The van der Waals surface area contributed by atoms with Crippen molar-refractivity contribution in [3.05, 3.63) is 82.6 Å². The van der Waals surface area contributed by atoms with Gasteiger partial charge in [0, 0.05) is 36.1 Å². The first-order valence-corrected chi connectivity index (χ1v) is 18.8. The molecule has 284 valence electrons. The van der Waals surface area contributed by atoms with Crippen LogP contribution in [-0.2, 0) is 21.4 Å². The lowest BCUT2D eigenvalue weighted by Crippen LogP contribution is -2.53. The average molecular weight is 741 g/mol. The van der Waals surface area contributed by atoms with Crippen LogP contribution in [0.25, 0.3) is 11.1 Å². The van der Waals surface area contributed by atoms with Crippen molar-refractivity contribution in [2.75, 3.05) is 39.5 Å². The summed E-state index contributed by atoms with van der Waals surface area (Å²) < 4.78 is 11.6. The Kier molecular flexibility index (Phi) is 14.5. The van der Waals surface area contributed by atoms with E-state index in [-0.39, 0.29) is 44.2 Å². The average Bonchev–Trinajstić information content (AvgIpc) is 4.12. The number of aliphatic hydroxyl groups excluding tert-OH is 6. The third-order valence-electron chi connectivity index (χ3n) is 10.4. The van der Waals surface area contributed by atoms with Crippen molar-refractivity contribution in [1.82, 2.24) is 9.88 Å². The first-order valence-electron chi connectivity index (χ1n) is 18.4. The molecule has 0 spiro atoms. The van der Waals surface area contributed by atoms with Gasteiger partial charge in [-0.05, 0) is 103 Å². The van der Waals surface area contributed by atoms with E-state index in [4.69, 9.17) is 31.3 Å². The van der Waals surface area contributed by atoms with Gasteiger partial charge in [0.05, 0.1) is 32.5 Å². The molecule has 2 aliphatic carbocycles. The number of carbonyl (C=O) groups excluding carboxylic acids is 1. The van der Waals surface area contributed by atoms with Crippen LogP contribution in [0.15, 0.2) is 60.9 Å². The van der Waals surface area contributed by atoms with Crippen LogP contribution >= 0.6 is 11.6 Å². The Morgan fingerprint density at radius 2 is 1.77 bits per heavy atom. The topological polar surface area (TPSA) is 173 Å². The molecule has 2 fully saturated rings. The minimum Gasteiger partial charge on any atom is -0.490 e. The van der Waals surface area contributed by atoms with Crippen molar-refractivity contribution in [2.45, 2.75) is 100 Å². The highest BCUT2D eigenvalue weighted by molar-refractivity contribution is 6.31. The van der Waals surface area contributed by atoms with Gasteiger partial charge in [0.1, 0.15) is 24.1 Å². The number of hydrogen-bond donors (Lipinski definition) is 6. The fourth-order valence-electron chi connectivity index (χ4n) is 6.76. The van der Waals surface area contributed by atoms with Crippen LogP contribution in [-0.4, -0.2) is 116 Å². The molecular formula is C40H53ClN2O9. The Hall–Kier alpha value is -3.13. The first kappa shape index (κ1) is 40.1. The van der Waals surface area contributed by atoms with Crippen molar-refractivity contribution in [3.63, 3.8) is 0 Å². The van der Waals surface area contributed by atoms with Crippen molar-refractivity contribution < 1.29 is 44.9 Å². The van der Waals surface area contributed by atoms with Gasteiger partial charge in [-0.3, -0.25) is 9.78 Å². The maximum Gasteiger partial charge on any atom is 0.254 e. The van der Waals surface area contributed by atoms with E-state index in [1.807, 2.05) is 30.6 Å². The molecule has 0 radical (unpaired) electrons. The van der Waals surface area contributed by atoms with E-state index >= 15 is 0 Å². The number of ether oxygens (including phenoxy) is 2.